The number of hydrogen-bond acceptors (Lipinski definition) is 5. The van der Waals surface area contributed by atoms with Crippen molar-refractivity contribution in [2.24, 2.45) is 11.8 Å². The van der Waals surface area contributed by atoms with Crippen molar-refractivity contribution in [1.29, 1.82) is 0 Å². The Kier molecular flexibility index (Phi) is 7.64. The van der Waals surface area contributed by atoms with Crippen molar-refractivity contribution in [3.63, 3.8) is 0 Å². The van der Waals surface area contributed by atoms with Crippen LogP contribution in [0.4, 0.5) is 15.9 Å². The number of carbonyl (C=O) groups is 3. The first-order chi connectivity index (χ1) is 18.4. The van der Waals surface area contributed by atoms with Crippen molar-refractivity contribution >= 4 is 40.8 Å². The maximum atomic E-state index is 13.7. The highest BCUT2D eigenvalue weighted by Gasteiger charge is 2.38. The van der Waals surface area contributed by atoms with Crippen LogP contribution in [0.1, 0.15) is 41.7 Å². The van der Waals surface area contributed by atoms with Gasteiger partial charge in [-0.25, -0.2) is 9.37 Å². The minimum absolute atomic E-state index is 0.125. The Morgan fingerprint density at radius 2 is 1.89 bits per heavy atom. The summed E-state index contributed by atoms with van der Waals surface area (Å²) >= 11 is 6.14. The van der Waals surface area contributed by atoms with E-state index >= 15 is 0 Å². The van der Waals surface area contributed by atoms with Gasteiger partial charge in [0.15, 0.2) is 0 Å². The lowest BCUT2D eigenvalue weighted by molar-refractivity contribution is -0.121. The van der Waals surface area contributed by atoms with E-state index in [1.807, 2.05) is 12.1 Å². The van der Waals surface area contributed by atoms with Gasteiger partial charge in [-0.3, -0.25) is 19.4 Å². The smallest absolute Gasteiger partial charge is 0.256 e. The number of pyridine rings is 2. The lowest BCUT2D eigenvalue weighted by Gasteiger charge is -2.35. The summed E-state index contributed by atoms with van der Waals surface area (Å²) < 4.78 is 13.1. The van der Waals surface area contributed by atoms with Crippen LogP contribution in [0.15, 0.2) is 60.9 Å². The van der Waals surface area contributed by atoms with Crippen LogP contribution >= 0.6 is 11.6 Å². The normalized spacial score (nSPS) is 21.3. The van der Waals surface area contributed by atoms with Gasteiger partial charge in [0.05, 0.1) is 17.4 Å². The van der Waals surface area contributed by atoms with E-state index in [1.165, 1.54) is 12.1 Å². The van der Waals surface area contributed by atoms with E-state index in [0.29, 0.717) is 47.2 Å². The zero-order valence-corrected chi connectivity index (χ0v) is 21.3. The third-order valence-corrected chi connectivity index (χ3v) is 7.42. The fraction of sp³-hybridized carbons (Fsp3) is 0.321. The molecule has 3 heterocycles. The predicted octanol–water partition coefficient (Wildman–Crippen LogP) is 4.72. The van der Waals surface area contributed by atoms with Crippen molar-refractivity contribution in [2.45, 2.75) is 38.1 Å². The quantitative estimate of drug-likeness (QED) is 0.475. The average molecular weight is 536 g/mol. The van der Waals surface area contributed by atoms with Gasteiger partial charge in [-0.2, -0.15) is 0 Å². The van der Waals surface area contributed by atoms with Gasteiger partial charge in [0.2, 0.25) is 11.8 Å². The minimum Gasteiger partial charge on any atom is -0.326 e. The molecule has 196 valence electrons. The van der Waals surface area contributed by atoms with E-state index in [1.54, 1.807) is 35.4 Å². The molecule has 2 aliphatic rings. The highest BCUT2D eigenvalue weighted by Crippen LogP contribution is 2.33. The number of rotatable bonds is 6. The molecule has 2 aromatic heterocycles. The number of amides is 3. The number of carbonyl (C=O) groups excluding carboxylic acids is 3. The van der Waals surface area contributed by atoms with Gasteiger partial charge in [-0.05, 0) is 74.1 Å². The number of nitrogens with zero attached hydrogens (tertiary/aromatic N) is 3. The Bertz CT molecular complexity index is 1330. The molecule has 1 aromatic carbocycles. The van der Waals surface area contributed by atoms with E-state index in [4.69, 9.17) is 11.6 Å². The Balaban J connectivity index is 1.30. The van der Waals surface area contributed by atoms with Gasteiger partial charge in [-0.1, -0.05) is 17.7 Å². The van der Waals surface area contributed by atoms with Crippen LogP contribution in [0.2, 0.25) is 5.02 Å². The molecule has 38 heavy (non-hydrogen) atoms. The fourth-order valence-electron chi connectivity index (χ4n) is 5.15. The topological polar surface area (TPSA) is 104 Å². The Hall–Kier alpha value is -3.85. The van der Waals surface area contributed by atoms with Gasteiger partial charge >= 0.3 is 0 Å². The maximum Gasteiger partial charge on any atom is 0.256 e. The number of aromatic nitrogens is 2. The van der Waals surface area contributed by atoms with E-state index in [-0.39, 0.29) is 36.0 Å². The molecule has 1 aliphatic carbocycles. The largest absolute Gasteiger partial charge is 0.326 e. The summed E-state index contributed by atoms with van der Waals surface area (Å²) in [6, 6.07) is 12.3. The molecule has 3 amide bonds. The van der Waals surface area contributed by atoms with Crippen LogP contribution in [-0.4, -0.2) is 45.2 Å². The highest BCUT2D eigenvalue weighted by molar-refractivity contribution is 6.31. The van der Waals surface area contributed by atoms with Crippen LogP contribution in [0.5, 0.6) is 0 Å². The SMILES string of the molecule is O=C(Nc1ccc(F)cn1)C1CCC(CN2C(=O)c3ccc(Cl)cc3NC(=O)[C@H]2Cc2ccccn2)CC1. The molecule has 1 aliphatic heterocycles. The van der Waals surface area contributed by atoms with Crippen LogP contribution in [-0.2, 0) is 16.0 Å². The van der Waals surface area contributed by atoms with Crippen LogP contribution in [0.25, 0.3) is 0 Å². The second-order valence-electron chi connectivity index (χ2n) is 9.75. The molecule has 0 spiro atoms. The third kappa shape index (κ3) is 5.83. The Labute approximate surface area is 224 Å². The summed E-state index contributed by atoms with van der Waals surface area (Å²) in [5.41, 5.74) is 1.51. The van der Waals surface area contributed by atoms with Gasteiger partial charge < -0.3 is 15.5 Å². The molecule has 0 saturated heterocycles. The van der Waals surface area contributed by atoms with Crippen molar-refractivity contribution in [3.8, 4) is 0 Å². The number of benzene rings is 1. The number of nitrogens with one attached hydrogen (secondary N) is 2. The molecule has 5 rings (SSSR count). The molecule has 1 saturated carbocycles. The zero-order chi connectivity index (χ0) is 26.6. The lowest BCUT2D eigenvalue weighted by Crippen LogP contribution is -2.49. The van der Waals surface area contributed by atoms with Crippen LogP contribution in [0, 0.1) is 17.7 Å². The van der Waals surface area contributed by atoms with Crippen molar-refractivity contribution in [2.75, 3.05) is 17.2 Å². The summed E-state index contributed by atoms with van der Waals surface area (Å²) in [6.07, 6.45) is 5.75. The Morgan fingerprint density at radius 1 is 1.08 bits per heavy atom. The average Bonchev–Trinajstić information content (AvgIpc) is 3.00. The second kappa shape index (κ2) is 11.3. The second-order valence-corrected chi connectivity index (χ2v) is 10.2. The molecule has 1 atom stereocenters. The molecular formula is C28H27ClFN5O3. The molecule has 0 radical (unpaired) electrons. The van der Waals surface area contributed by atoms with Gasteiger partial charge in [0, 0.05) is 35.8 Å². The molecule has 8 nitrogen and oxygen atoms in total. The zero-order valence-electron chi connectivity index (χ0n) is 20.6. The standard InChI is InChI=1S/C28H27ClFN5O3/c29-19-8-10-22-23(13-19)33-27(37)24(14-21-3-1-2-12-31-21)35(28(22)38)16-17-4-6-18(7-5-17)26(36)34-25-11-9-20(30)15-32-25/h1-3,8-13,15,17-18,24H,4-7,14,16H2,(H,33,37)(H,32,34,36)/t17?,18?,24-/m1/s1. The van der Waals surface area contributed by atoms with E-state index in [2.05, 4.69) is 20.6 Å². The van der Waals surface area contributed by atoms with Crippen LogP contribution in [0.3, 0.4) is 0 Å². The first-order valence-electron chi connectivity index (χ1n) is 12.6. The number of fused-ring (bicyclic) bond motifs is 1. The first-order valence-corrected chi connectivity index (χ1v) is 13.0. The lowest BCUT2D eigenvalue weighted by atomic mass is 9.81. The molecular weight excluding hydrogens is 509 g/mol. The van der Waals surface area contributed by atoms with Gasteiger partial charge in [0.1, 0.15) is 17.7 Å². The molecule has 3 aromatic rings. The van der Waals surface area contributed by atoms with Gasteiger partial charge in [-0.15, -0.1) is 0 Å². The minimum atomic E-state index is -0.742. The fourth-order valence-corrected chi connectivity index (χ4v) is 5.33. The molecule has 2 N–H and O–H groups in total. The van der Waals surface area contributed by atoms with Crippen molar-refractivity contribution in [1.82, 2.24) is 14.9 Å². The van der Waals surface area contributed by atoms with Crippen molar-refractivity contribution in [3.05, 3.63) is 83.0 Å². The summed E-state index contributed by atoms with van der Waals surface area (Å²) in [5, 5.41) is 6.07. The maximum absolute atomic E-state index is 13.7. The highest BCUT2D eigenvalue weighted by atomic mass is 35.5. The number of anilines is 2. The summed E-state index contributed by atoms with van der Waals surface area (Å²) in [5.74, 6) is -0.897. The summed E-state index contributed by atoms with van der Waals surface area (Å²) in [7, 11) is 0. The van der Waals surface area contributed by atoms with E-state index in [9.17, 15) is 18.8 Å². The number of hydrogen-bond donors (Lipinski definition) is 2. The summed E-state index contributed by atoms with van der Waals surface area (Å²) in [4.78, 5) is 49.7. The first kappa shape index (κ1) is 25.8. The molecule has 0 bridgehead atoms. The predicted molar refractivity (Wildman–Crippen MR) is 141 cm³/mol. The number of halogens is 2. The van der Waals surface area contributed by atoms with E-state index < -0.39 is 11.9 Å². The summed E-state index contributed by atoms with van der Waals surface area (Å²) in [6.45, 7) is 0.389. The van der Waals surface area contributed by atoms with Crippen molar-refractivity contribution < 1.29 is 18.8 Å². The Morgan fingerprint density at radius 3 is 2.61 bits per heavy atom. The van der Waals surface area contributed by atoms with Gasteiger partial charge in [0.25, 0.3) is 5.91 Å². The molecule has 10 heteroatoms. The third-order valence-electron chi connectivity index (χ3n) is 7.19. The van der Waals surface area contributed by atoms with E-state index in [0.717, 1.165) is 19.0 Å². The molecule has 1 fully saturated rings. The van der Waals surface area contributed by atoms with Crippen LogP contribution < -0.4 is 10.6 Å². The molecule has 0 unspecified atom stereocenters. The monoisotopic (exact) mass is 535 g/mol.